The standard InChI is InChI=1S/C41H54N8O6S2/c1-7-56(52,53)46-36(24(3)4)40(50)48-17-9-11-34(48)38-42-22-32(44-38)26-13-15-30-28(19-26)21-29-20-27(14-16-31(29)30)33-23-43-39(45-33)35-12-10-18-49(35)41(51)37(25(5)6)47-57(54,55)8-2/h13-16,19-20,22-25,34-37,46-47H,7-12,17-18,21H2,1-6H3,(H,42,44)(H,43,45)/t34-,35-,36-,37-/m0/s1. The van der Waals surface area contributed by atoms with Gasteiger partial charge in [-0.15, -0.1) is 0 Å². The molecule has 1 aliphatic carbocycles. The van der Waals surface area contributed by atoms with Crippen molar-refractivity contribution in [3.8, 4) is 33.6 Å². The quantitative estimate of drug-likeness (QED) is 0.116. The number of nitrogens with zero attached hydrogens (tertiary/aromatic N) is 4. The summed E-state index contributed by atoms with van der Waals surface area (Å²) in [5, 5.41) is 0. The van der Waals surface area contributed by atoms with Crippen LogP contribution in [0.1, 0.15) is 102 Å². The Morgan fingerprint density at radius 2 is 1.11 bits per heavy atom. The van der Waals surface area contributed by atoms with Crippen molar-refractivity contribution in [2.75, 3.05) is 24.6 Å². The molecular weight excluding hydrogens is 765 g/mol. The number of nitrogens with one attached hydrogen (secondary N) is 4. The summed E-state index contributed by atoms with van der Waals surface area (Å²) in [6.45, 7) is 11.6. The molecular formula is C41H54N8O6S2. The SMILES string of the molecule is CCS(=O)(=O)N[C@H](C(=O)N1CCC[C@H]1c1ncc(-c2ccc3c(c2)Cc2cc(-c4cnc([C@@H]5CCCN5C(=O)[C@@H](NS(=O)(=O)CC)C(C)C)[nH]4)ccc2-3)[nH]1)C(C)C. The van der Waals surface area contributed by atoms with E-state index in [4.69, 9.17) is 9.97 Å². The number of sulfonamides is 2. The highest BCUT2D eigenvalue weighted by molar-refractivity contribution is 7.89. The molecule has 7 rings (SSSR count). The van der Waals surface area contributed by atoms with Gasteiger partial charge in [0.2, 0.25) is 31.9 Å². The Kier molecular flexibility index (Phi) is 11.5. The third-order valence-electron chi connectivity index (χ3n) is 11.6. The minimum atomic E-state index is -3.56. The summed E-state index contributed by atoms with van der Waals surface area (Å²) >= 11 is 0. The molecule has 2 aliphatic heterocycles. The van der Waals surface area contributed by atoms with Crippen LogP contribution in [0, 0.1) is 11.8 Å². The van der Waals surface area contributed by atoms with Crippen LogP contribution in [-0.2, 0) is 36.1 Å². The molecule has 0 spiro atoms. The van der Waals surface area contributed by atoms with E-state index in [2.05, 4.69) is 55.8 Å². The predicted octanol–water partition coefficient (Wildman–Crippen LogP) is 5.29. The molecule has 4 atom stereocenters. The molecule has 306 valence electrons. The van der Waals surface area contributed by atoms with E-state index in [0.29, 0.717) is 24.7 Å². The third kappa shape index (κ3) is 8.32. The number of H-pyrrole nitrogens is 2. The number of aromatic amines is 2. The summed E-state index contributed by atoms with van der Waals surface area (Å²) in [5.74, 6) is 0.321. The number of aromatic nitrogens is 4. The van der Waals surface area contributed by atoms with Crippen molar-refractivity contribution in [2.45, 2.75) is 97.8 Å². The van der Waals surface area contributed by atoms with Gasteiger partial charge in [-0.2, -0.15) is 0 Å². The zero-order valence-corrected chi connectivity index (χ0v) is 35.1. The normalized spacial score (nSPS) is 19.4. The van der Waals surface area contributed by atoms with Crippen molar-refractivity contribution < 1.29 is 26.4 Å². The van der Waals surface area contributed by atoms with Crippen LogP contribution in [0.4, 0.5) is 0 Å². The van der Waals surface area contributed by atoms with Gasteiger partial charge in [-0.1, -0.05) is 52.0 Å². The van der Waals surface area contributed by atoms with E-state index in [-0.39, 0.29) is 47.2 Å². The predicted molar refractivity (Wildman–Crippen MR) is 220 cm³/mol. The summed E-state index contributed by atoms with van der Waals surface area (Å²) in [7, 11) is -7.13. The van der Waals surface area contributed by atoms with Crippen LogP contribution in [-0.4, -0.2) is 95.1 Å². The van der Waals surface area contributed by atoms with Gasteiger partial charge in [0.1, 0.15) is 23.7 Å². The molecule has 4 aromatic rings. The fourth-order valence-corrected chi connectivity index (χ4v) is 10.2. The van der Waals surface area contributed by atoms with Crippen molar-refractivity contribution in [1.82, 2.24) is 39.2 Å². The molecule has 0 unspecified atom stereocenters. The van der Waals surface area contributed by atoms with Gasteiger partial charge in [-0.3, -0.25) is 9.59 Å². The molecule has 16 heteroatoms. The van der Waals surface area contributed by atoms with Crippen LogP contribution >= 0.6 is 0 Å². The topological polar surface area (TPSA) is 190 Å². The lowest BCUT2D eigenvalue weighted by molar-refractivity contribution is -0.135. The van der Waals surface area contributed by atoms with E-state index in [1.165, 1.54) is 22.3 Å². The molecule has 0 saturated carbocycles. The second-order valence-electron chi connectivity index (χ2n) is 16.2. The molecule has 2 amide bonds. The van der Waals surface area contributed by atoms with Crippen LogP contribution in [0.2, 0.25) is 0 Å². The fourth-order valence-electron chi connectivity index (χ4n) is 8.33. The van der Waals surface area contributed by atoms with Gasteiger partial charge in [0.05, 0.1) is 47.4 Å². The van der Waals surface area contributed by atoms with E-state index < -0.39 is 32.1 Å². The highest BCUT2D eigenvalue weighted by Crippen LogP contribution is 2.41. The van der Waals surface area contributed by atoms with Gasteiger partial charge in [-0.05, 0) is 103 Å². The summed E-state index contributed by atoms with van der Waals surface area (Å²) in [6.07, 6.45) is 7.44. The van der Waals surface area contributed by atoms with Gasteiger partial charge in [0, 0.05) is 13.1 Å². The highest BCUT2D eigenvalue weighted by atomic mass is 32.2. The molecule has 14 nitrogen and oxygen atoms in total. The van der Waals surface area contributed by atoms with Crippen LogP contribution < -0.4 is 9.44 Å². The number of carbonyl (C=O) groups is 2. The highest BCUT2D eigenvalue weighted by Gasteiger charge is 2.39. The number of imidazole rings is 2. The van der Waals surface area contributed by atoms with Crippen molar-refractivity contribution in [3.63, 3.8) is 0 Å². The number of carbonyl (C=O) groups excluding carboxylic acids is 2. The monoisotopic (exact) mass is 818 g/mol. The zero-order chi connectivity index (χ0) is 40.8. The van der Waals surface area contributed by atoms with Crippen molar-refractivity contribution >= 4 is 31.9 Å². The molecule has 2 aromatic carbocycles. The smallest absolute Gasteiger partial charge is 0.241 e. The summed E-state index contributed by atoms with van der Waals surface area (Å²) in [5.41, 5.74) is 8.41. The Labute approximate surface area is 335 Å². The Morgan fingerprint density at radius 1 is 0.702 bits per heavy atom. The number of fused-ring (bicyclic) bond motifs is 3. The molecule has 2 saturated heterocycles. The van der Waals surface area contributed by atoms with Crippen molar-refractivity contribution in [1.29, 1.82) is 0 Å². The van der Waals surface area contributed by atoms with Crippen LogP contribution in [0.5, 0.6) is 0 Å². The molecule has 2 aromatic heterocycles. The second-order valence-corrected chi connectivity index (χ2v) is 20.2. The number of hydrogen-bond acceptors (Lipinski definition) is 8. The van der Waals surface area contributed by atoms with E-state index >= 15 is 0 Å². The first-order valence-corrected chi connectivity index (χ1v) is 23.4. The van der Waals surface area contributed by atoms with Gasteiger partial charge in [0.15, 0.2) is 0 Å². The Morgan fingerprint density at radius 3 is 1.47 bits per heavy atom. The molecule has 2 fully saturated rings. The fraction of sp³-hybridized carbons (Fsp3) is 0.512. The van der Waals surface area contributed by atoms with Crippen LogP contribution in [0.15, 0.2) is 48.8 Å². The maximum Gasteiger partial charge on any atom is 0.241 e. The molecule has 3 aliphatic rings. The largest absolute Gasteiger partial charge is 0.340 e. The third-order valence-corrected chi connectivity index (χ3v) is 14.4. The number of likely N-dealkylation sites (tertiary alicyclic amines) is 2. The van der Waals surface area contributed by atoms with Gasteiger partial charge >= 0.3 is 0 Å². The van der Waals surface area contributed by atoms with E-state index in [0.717, 1.165) is 54.6 Å². The summed E-state index contributed by atoms with van der Waals surface area (Å²) < 4.78 is 54.8. The maximum atomic E-state index is 13.7. The molecule has 0 bridgehead atoms. The minimum absolute atomic E-state index is 0.0908. The van der Waals surface area contributed by atoms with Gasteiger partial charge < -0.3 is 19.8 Å². The number of hydrogen-bond donors (Lipinski definition) is 4. The number of benzene rings is 2. The van der Waals surface area contributed by atoms with Crippen LogP contribution in [0.25, 0.3) is 33.6 Å². The zero-order valence-electron chi connectivity index (χ0n) is 33.5. The summed E-state index contributed by atoms with van der Waals surface area (Å²) in [6, 6.07) is 10.6. The lowest BCUT2D eigenvalue weighted by Gasteiger charge is -2.30. The second kappa shape index (κ2) is 16.1. The van der Waals surface area contributed by atoms with E-state index in [9.17, 15) is 26.4 Å². The van der Waals surface area contributed by atoms with Crippen molar-refractivity contribution in [3.05, 3.63) is 71.6 Å². The molecule has 4 heterocycles. The summed E-state index contributed by atoms with van der Waals surface area (Å²) in [4.78, 5) is 47.3. The van der Waals surface area contributed by atoms with Gasteiger partial charge in [-0.25, -0.2) is 36.2 Å². The number of rotatable bonds is 14. The lowest BCUT2D eigenvalue weighted by Crippen LogP contribution is -2.51. The first kappa shape index (κ1) is 40.8. The first-order chi connectivity index (χ1) is 27.1. The molecule has 0 radical (unpaired) electrons. The number of amides is 2. The Hall–Kier alpha value is -4.38. The van der Waals surface area contributed by atoms with E-state index in [1.54, 1.807) is 36.0 Å². The van der Waals surface area contributed by atoms with Crippen molar-refractivity contribution in [2.24, 2.45) is 11.8 Å². The van der Waals surface area contributed by atoms with Gasteiger partial charge in [0.25, 0.3) is 0 Å². The average Bonchev–Trinajstić information content (AvgIpc) is 4.03. The Balaban J connectivity index is 1.05. The minimum Gasteiger partial charge on any atom is -0.340 e. The lowest BCUT2D eigenvalue weighted by atomic mass is 10.0. The van der Waals surface area contributed by atoms with E-state index in [1.807, 2.05) is 27.7 Å². The molecule has 57 heavy (non-hydrogen) atoms. The Bertz CT molecular complexity index is 2210. The molecule has 4 N–H and O–H groups in total. The van der Waals surface area contributed by atoms with Crippen LogP contribution in [0.3, 0.4) is 0 Å². The maximum absolute atomic E-state index is 13.7. The first-order valence-electron chi connectivity index (χ1n) is 20.1. The average molecular weight is 819 g/mol.